The van der Waals surface area contributed by atoms with E-state index < -0.39 is 0 Å². The van der Waals surface area contributed by atoms with Crippen LogP contribution in [0.25, 0.3) is 0 Å². The fourth-order valence-electron chi connectivity index (χ4n) is 1.37. The zero-order valence-electron chi connectivity index (χ0n) is 10.7. The molecule has 18 heavy (non-hydrogen) atoms. The van der Waals surface area contributed by atoms with Crippen molar-refractivity contribution in [3.63, 3.8) is 0 Å². The Hall–Kier alpha value is -1.91. The summed E-state index contributed by atoms with van der Waals surface area (Å²) in [5, 5.41) is 2.73. The van der Waals surface area contributed by atoms with Crippen molar-refractivity contribution in [3.8, 4) is 0 Å². The van der Waals surface area contributed by atoms with E-state index in [0.717, 1.165) is 5.69 Å². The molecule has 1 rings (SSSR count). The van der Waals surface area contributed by atoms with Gasteiger partial charge < -0.3 is 10.1 Å². The van der Waals surface area contributed by atoms with Gasteiger partial charge in [-0.25, -0.2) is 0 Å². The van der Waals surface area contributed by atoms with E-state index >= 15 is 0 Å². The molecule has 0 radical (unpaired) electrons. The van der Waals surface area contributed by atoms with Gasteiger partial charge in [0.2, 0.25) is 0 Å². The Bertz CT molecular complexity index is 401. The number of pyridine rings is 1. The first-order chi connectivity index (χ1) is 8.63. The first-order valence-corrected chi connectivity index (χ1v) is 6.00. The number of nitrogens with zero attached hydrogens (tertiary/aromatic N) is 1. The number of amides is 1. The standard InChI is InChI=1S/C13H18N2O3/c1-3-18-12(16)5-4-8-14-13(17)11-7-6-10(2)15-9-11/h6-7,9H,3-5,8H2,1-2H3,(H,14,17). The number of hydrogen-bond donors (Lipinski definition) is 1. The van der Waals surface area contributed by atoms with E-state index in [1.807, 2.05) is 6.92 Å². The highest BCUT2D eigenvalue weighted by Crippen LogP contribution is 1.99. The van der Waals surface area contributed by atoms with Gasteiger partial charge in [0.05, 0.1) is 12.2 Å². The average Bonchev–Trinajstić information content (AvgIpc) is 2.35. The fourth-order valence-corrected chi connectivity index (χ4v) is 1.37. The van der Waals surface area contributed by atoms with Gasteiger partial charge in [0, 0.05) is 24.9 Å². The molecule has 0 aliphatic heterocycles. The number of rotatable bonds is 6. The van der Waals surface area contributed by atoms with Crippen LogP contribution in [0, 0.1) is 6.92 Å². The van der Waals surface area contributed by atoms with E-state index in [0.29, 0.717) is 31.6 Å². The van der Waals surface area contributed by atoms with Crippen LogP contribution in [-0.2, 0) is 9.53 Å². The van der Waals surface area contributed by atoms with E-state index in [1.165, 1.54) is 6.20 Å². The summed E-state index contributed by atoms with van der Waals surface area (Å²) in [5.74, 6) is -0.407. The number of carbonyl (C=O) groups excluding carboxylic acids is 2. The third kappa shape index (κ3) is 4.95. The summed E-state index contributed by atoms with van der Waals surface area (Å²) in [6.45, 7) is 4.47. The molecule has 1 aromatic rings. The lowest BCUT2D eigenvalue weighted by Crippen LogP contribution is -2.25. The van der Waals surface area contributed by atoms with Crippen molar-refractivity contribution in [2.45, 2.75) is 26.7 Å². The van der Waals surface area contributed by atoms with Gasteiger partial charge in [-0.3, -0.25) is 14.6 Å². The second-order valence-corrected chi connectivity index (χ2v) is 3.85. The first kappa shape index (κ1) is 14.2. The Balaban J connectivity index is 2.25. The van der Waals surface area contributed by atoms with Crippen LogP contribution in [-0.4, -0.2) is 30.0 Å². The molecule has 1 amide bonds. The number of aromatic nitrogens is 1. The lowest BCUT2D eigenvalue weighted by Gasteiger charge is -2.05. The van der Waals surface area contributed by atoms with E-state index in [9.17, 15) is 9.59 Å². The topological polar surface area (TPSA) is 68.3 Å². The Morgan fingerprint density at radius 1 is 1.39 bits per heavy atom. The van der Waals surface area contributed by atoms with Crippen LogP contribution in [0.3, 0.4) is 0 Å². The van der Waals surface area contributed by atoms with Gasteiger partial charge in [0.1, 0.15) is 0 Å². The summed E-state index contributed by atoms with van der Waals surface area (Å²) < 4.78 is 4.79. The van der Waals surface area contributed by atoms with Crippen LogP contribution in [0.2, 0.25) is 0 Å². The summed E-state index contributed by atoms with van der Waals surface area (Å²) in [6.07, 6.45) is 2.43. The summed E-state index contributed by atoms with van der Waals surface area (Å²) in [7, 11) is 0. The van der Waals surface area contributed by atoms with Gasteiger partial charge in [-0.05, 0) is 32.4 Å². The number of esters is 1. The smallest absolute Gasteiger partial charge is 0.305 e. The van der Waals surface area contributed by atoms with Gasteiger partial charge in [0.15, 0.2) is 0 Å². The number of nitrogens with one attached hydrogen (secondary N) is 1. The van der Waals surface area contributed by atoms with E-state index in [-0.39, 0.29) is 11.9 Å². The molecule has 1 aromatic heterocycles. The van der Waals surface area contributed by atoms with Crippen molar-refractivity contribution in [3.05, 3.63) is 29.6 Å². The molecule has 0 aromatic carbocycles. The minimum atomic E-state index is -0.233. The number of ether oxygens (including phenoxy) is 1. The predicted octanol–water partition coefficient (Wildman–Crippen LogP) is 1.46. The highest BCUT2D eigenvalue weighted by molar-refractivity contribution is 5.93. The summed E-state index contributed by atoms with van der Waals surface area (Å²) in [6, 6.07) is 3.51. The predicted molar refractivity (Wildman–Crippen MR) is 67.2 cm³/mol. The average molecular weight is 250 g/mol. The van der Waals surface area contributed by atoms with Crippen LogP contribution in [0.15, 0.2) is 18.3 Å². The van der Waals surface area contributed by atoms with Gasteiger partial charge in [0.25, 0.3) is 5.91 Å². The minimum absolute atomic E-state index is 0.175. The molecular formula is C13H18N2O3. The van der Waals surface area contributed by atoms with Crippen LogP contribution in [0.1, 0.15) is 35.8 Å². The maximum absolute atomic E-state index is 11.7. The Morgan fingerprint density at radius 3 is 2.78 bits per heavy atom. The van der Waals surface area contributed by atoms with Crippen molar-refractivity contribution in [2.24, 2.45) is 0 Å². The Kier molecular flexibility index (Phi) is 5.84. The molecule has 1 heterocycles. The highest BCUT2D eigenvalue weighted by atomic mass is 16.5. The van der Waals surface area contributed by atoms with Gasteiger partial charge in [-0.1, -0.05) is 0 Å². The highest BCUT2D eigenvalue weighted by Gasteiger charge is 2.06. The third-order valence-corrected chi connectivity index (χ3v) is 2.32. The second-order valence-electron chi connectivity index (χ2n) is 3.85. The molecule has 0 atom stereocenters. The molecule has 0 fully saturated rings. The molecule has 1 N–H and O–H groups in total. The largest absolute Gasteiger partial charge is 0.466 e. The SMILES string of the molecule is CCOC(=O)CCCNC(=O)c1ccc(C)nc1. The molecule has 5 heteroatoms. The zero-order chi connectivity index (χ0) is 13.4. The number of hydrogen-bond acceptors (Lipinski definition) is 4. The first-order valence-electron chi connectivity index (χ1n) is 6.00. The normalized spacial score (nSPS) is 9.89. The fraction of sp³-hybridized carbons (Fsp3) is 0.462. The molecule has 0 spiro atoms. The monoisotopic (exact) mass is 250 g/mol. The van der Waals surface area contributed by atoms with Crippen molar-refractivity contribution < 1.29 is 14.3 Å². The van der Waals surface area contributed by atoms with Crippen molar-refractivity contribution >= 4 is 11.9 Å². The van der Waals surface area contributed by atoms with Crippen LogP contribution in [0.5, 0.6) is 0 Å². The third-order valence-electron chi connectivity index (χ3n) is 2.32. The summed E-state index contributed by atoms with van der Waals surface area (Å²) in [4.78, 5) is 26.8. The molecule has 0 aliphatic rings. The molecular weight excluding hydrogens is 232 g/mol. The maximum atomic E-state index is 11.7. The summed E-state index contributed by atoms with van der Waals surface area (Å²) >= 11 is 0. The lowest BCUT2D eigenvalue weighted by atomic mass is 10.2. The van der Waals surface area contributed by atoms with Gasteiger partial charge in [-0.2, -0.15) is 0 Å². The van der Waals surface area contributed by atoms with E-state index in [2.05, 4.69) is 10.3 Å². The summed E-state index contributed by atoms with van der Waals surface area (Å²) in [5.41, 5.74) is 1.39. The van der Waals surface area contributed by atoms with Crippen molar-refractivity contribution in [1.29, 1.82) is 0 Å². The Labute approximate surface area is 107 Å². The number of carbonyl (C=O) groups is 2. The molecule has 5 nitrogen and oxygen atoms in total. The second kappa shape index (κ2) is 7.42. The maximum Gasteiger partial charge on any atom is 0.305 e. The zero-order valence-corrected chi connectivity index (χ0v) is 10.7. The van der Waals surface area contributed by atoms with Gasteiger partial charge >= 0.3 is 5.97 Å². The molecule has 0 unspecified atom stereocenters. The van der Waals surface area contributed by atoms with Crippen molar-refractivity contribution in [2.75, 3.05) is 13.2 Å². The van der Waals surface area contributed by atoms with Crippen LogP contribution >= 0.6 is 0 Å². The number of aryl methyl sites for hydroxylation is 1. The molecule has 0 bridgehead atoms. The quantitative estimate of drug-likeness (QED) is 0.613. The molecule has 0 saturated carbocycles. The molecule has 0 saturated heterocycles. The van der Waals surface area contributed by atoms with E-state index in [4.69, 9.17) is 4.74 Å². The van der Waals surface area contributed by atoms with Crippen molar-refractivity contribution in [1.82, 2.24) is 10.3 Å². The minimum Gasteiger partial charge on any atom is -0.466 e. The van der Waals surface area contributed by atoms with Crippen LogP contribution < -0.4 is 5.32 Å². The van der Waals surface area contributed by atoms with E-state index in [1.54, 1.807) is 19.1 Å². The van der Waals surface area contributed by atoms with Gasteiger partial charge in [-0.15, -0.1) is 0 Å². The van der Waals surface area contributed by atoms with Crippen LogP contribution in [0.4, 0.5) is 0 Å². The molecule has 98 valence electrons. The molecule has 0 aliphatic carbocycles. The lowest BCUT2D eigenvalue weighted by molar-refractivity contribution is -0.143. The Morgan fingerprint density at radius 2 is 2.17 bits per heavy atom.